The molecule has 0 bridgehead atoms. The summed E-state index contributed by atoms with van der Waals surface area (Å²) < 4.78 is 77.2. The van der Waals surface area contributed by atoms with E-state index in [2.05, 4.69) is 10.9 Å². The molecule has 0 fully saturated rings. The molecule has 0 aliphatic carbocycles. The lowest BCUT2D eigenvalue weighted by Gasteiger charge is -2.21. The van der Waals surface area contributed by atoms with Crippen LogP contribution in [0.3, 0.4) is 0 Å². The van der Waals surface area contributed by atoms with Crippen molar-refractivity contribution < 1.29 is 36.2 Å². The number of rotatable bonds is 9. The van der Waals surface area contributed by atoms with Gasteiger partial charge in [-0.25, -0.2) is 35.2 Å². The molecule has 8 nitrogen and oxygen atoms in total. The predicted molar refractivity (Wildman–Crippen MR) is 189 cm³/mol. The molecule has 0 saturated carbocycles. The Morgan fingerprint density at radius 3 is 2.25 bits per heavy atom. The summed E-state index contributed by atoms with van der Waals surface area (Å²) in [5.74, 6) is -1.52. The molecule has 0 aliphatic heterocycles. The smallest absolute Gasteiger partial charge is 0.342 e. The number of nitrogens with zero attached hydrogens (tertiary/aromatic N) is 3. The Bertz CT molecular complexity index is 2520. The minimum atomic E-state index is -4.62. The summed E-state index contributed by atoms with van der Waals surface area (Å²) in [5, 5.41) is 21.1. The van der Waals surface area contributed by atoms with Crippen LogP contribution in [0.15, 0.2) is 114 Å². The number of esters is 1. The highest BCUT2D eigenvalue weighted by atomic mass is 32.2. The molecule has 0 aliphatic rings. The number of carbonyl (C=O) groups excluding carboxylic acids is 1. The Labute approximate surface area is 297 Å². The number of halogens is 3. The second-order valence-electron chi connectivity index (χ2n) is 11.9. The minimum absolute atomic E-state index is 0.00477. The van der Waals surface area contributed by atoms with Gasteiger partial charge in [0.15, 0.2) is 11.3 Å². The van der Waals surface area contributed by atoms with E-state index in [9.17, 15) is 32.4 Å². The Morgan fingerprint density at radius 2 is 1.62 bits per heavy atom. The van der Waals surface area contributed by atoms with E-state index < -0.39 is 33.8 Å². The number of alkyl halides is 2. The van der Waals surface area contributed by atoms with Gasteiger partial charge in [0.1, 0.15) is 5.82 Å². The first-order valence-corrected chi connectivity index (χ1v) is 17.3. The van der Waals surface area contributed by atoms with Crippen molar-refractivity contribution in [2.24, 2.45) is 0 Å². The summed E-state index contributed by atoms with van der Waals surface area (Å²) in [5.41, 5.74) is -0.283. The SMILES string of the molecule is [C-]#[N+]c1cccc(C#N)c1-c1c(-c2cccc(-c3ccc(C(C)(O)C(=O)OCC)cc3)c2)n(S(=O)(=O)c2ccc(C(F)F)cc2)c2ccc(F)cc12. The summed E-state index contributed by atoms with van der Waals surface area (Å²) in [7, 11) is -4.62. The maximum absolute atomic E-state index is 15.1. The van der Waals surface area contributed by atoms with Crippen LogP contribution in [0.4, 0.5) is 18.9 Å². The lowest BCUT2D eigenvalue weighted by molar-refractivity contribution is -0.164. The van der Waals surface area contributed by atoms with E-state index in [0.29, 0.717) is 16.7 Å². The fourth-order valence-electron chi connectivity index (χ4n) is 6.10. The van der Waals surface area contributed by atoms with Crippen LogP contribution in [0.25, 0.3) is 49.3 Å². The third-order valence-corrected chi connectivity index (χ3v) is 10.4. The Morgan fingerprint density at radius 1 is 0.942 bits per heavy atom. The molecule has 260 valence electrons. The van der Waals surface area contributed by atoms with Crippen LogP contribution in [0.1, 0.15) is 37.0 Å². The van der Waals surface area contributed by atoms with Gasteiger partial charge in [-0.2, -0.15) is 5.26 Å². The molecule has 1 heterocycles. The third-order valence-electron chi connectivity index (χ3n) is 8.68. The largest absolute Gasteiger partial charge is 0.464 e. The van der Waals surface area contributed by atoms with Crippen molar-refractivity contribution in [3.63, 3.8) is 0 Å². The summed E-state index contributed by atoms with van der Waals surface area (Å²) in [6.45, 7) is 10.9. The fraction of sp³-hybridized carbons (Fsp3) is 0.125. The Hall–Kier alpha value is -6.21. The van der Waals surface area contributed by atoms with Crippen molar-refractivity contribution in [1.82, 2.24) is 3.97 Å². The lowest BCUT2D eigenvalue weighted by Crippen LogP contribution is -2.34. The molecule has 5 aromatic carbocycles. The zero-order valence-corrected chi connectivity index (χ0v) is 28.5. The summed E-state index contributed by atoms with van der Waals surface area (Å²) in [4.78, 5) is 15.7. The Kier molecular flexibility index (Phi) is 9.47. The van der Waals surface area contributed by atoms with Crippen LogP contribution in [0.5, 0.6) is 0 Å². The van der Waals surface area contributed by atoms with Crippen LogP contribution >= 0.6 is 0 Å². The molecular weight excluding hydrogens is 692 g/mol. The van der Waals surface area contributed by atoms with E-state index in [-0.39, 0.29) is 61.6 Å². The van der Waals surface area contributed by atoms with Crippen molar-refractivity contribution in [2.75, 3.05) is 6.61 Å². The zero-order chi connectivity index (χ0) is 37.4. The van der Waals surface area contributed by atoms with Crippen LogP contribution in [-0.4, -0.2) is 30.1 Å². The van der Waals surface area contributed by atoms with Gasteiger partial charge in [0.05, 0.1) is 35.4 Å². The van der Waals surface area contributed by atoms with Gasteiger partial charge in [0.25, 0.3) is 16.4 Å². The van der Waals surface area contributed by atoms with Gasteiger partial charge in [-0.1, -0.05) is 66.7 Å². The molecule has 6 aromatic rings. The summed E-state index contributed by atoms with van der Waals surface area (Å²) in [6.07, 6.45) is -2.84. The first kappa shape index (κ1) is 35.6. The van der Waals surface area contributed by atoms with Gasteiger partial charge < -0.3 is 9.84 Å². The molecule has 1 atom stereocenters. The molecule has 52 heavy (non-hydrogen) atoms. The molecule has 1 unspecified atom stereocenters. The number of hydrogen-bond donors (Lipinski definition) is 1. The van der Waals surface area contributed by atoms with Gasteiger partial charge in [0.2, 0.25) is 0 Å². The van der Waals surface area contributed by atoms with E-state index in [0.717, 1.165) is 40.4 Å². The van der Waals surface area contributed by atoms with Crippen LogP contribution in [0.2, 0.25) is 0 Å². The first-order valence-electron chi connectivity index (χ1n) is 15.8. The number of nitriles is 1. The molecule has 6 rings (SSSR count). The third kappa shape index (κ3) is 6.19. The second-order valence-corrected chi connectivity index (χ2v) is 13.7. The van der Waals surface area contributed by atoms with E-state index in [1.165, 1.54) is 31.2 Å². The maximum atomic E-state index is 15.1. The standard InChI is InChI=1S/C40H28F3N3O5S/c1-4-51-39(47)40(2,48)29-15-11-24(12-16-29)26-7-5-8-27(21-26)37-36(35-28(23-44)9-6-10-33(35)45-3)32-22-30(41)17-20-34(32)46(37)52(49,50)31-18-13-25(14-19-31)38(42)43/h5-22,38,48H,4H2,1-2H3. The number of benzene rings is 5. The van der Waals surface area contributed by atoms with Gasteiger partial charge in [0, 0.05) is 33.2 Å². The number of aliphatic hydroxyl groups is 1. The highest BCUT2D eigenvalue weighted by Crippen LogP contribution is 2.48. The van der Waals surface area contributed by atoms with E-state index >= 15 is 4.39 Å². The van der Waals surface area contributed by atoms with Crippen molar-refractivity contribution in [3.8, 4) is 39.6 Å². The Balaban J connectivity index is 1.66. The molecular formula is C40H28F3N3O5S. The van der Waals surface area contributed by atoms with Crippen LogP contribution in [0, 0.1) is 23.7 Å². The average molecular weight is 720 g/mol. The topological polar surface area (TPSA) is 114 Å². The van der Waals surface area contributed by atoms with Crippen molar-refractivity contribution in [1.29, 1.82) is 5.26 Å². The van der Waals surface area contributed by atoms with Crippen LogP contribution < -0.4 is 0 Å². The lowest BCUT2D eigenvalue weighted by atomic mass is 9.91. The molecule has 1 aromatic heterocycles. The normalized spacial score (nSPS) is 12.6. The van der Waals surface area contributed by atoms with E-state index in [1.54, 1.807) is 55.5 Å². The van der Waals surface area contributed by atoms with Gasteiger partial charge >= 0.3 is 5.97 Å². The molecule has 0 spiro atoms. The summed E-state index contributed by atoms with van der Waals surface area (Å²) in [6, 6.07) is 27.3. The van der Waals surface area contributed by atoms with Crippen molar-refractivity contribution >= 4 is 32.6 Å². The maximum Gasteiger partial charge on any atom is 0.342 e. The summed E-state index contributed by atoms with van der Waals surface area (Å²) >= 11 is 0. The van der Waals surface area contributed by atoms with Crippen molar-refractivity contribution in [2.45, 2.75) is 30.8 Å². The van der Waals surface area contributed by atoms with Gasteiger partial charge in [-0.05, 0) is 73.0 Å². The van der Waals surface area contributed by atoms with E-state index in [4.69, 9.17) is 11.3 Å². The molecule has 0 radical (unpaired) electrons. The minimum Gasteiger partial charge on any atom is -0.464 e. The van der Waals surface area contributed by atoms with Crippen LogP contribution in [-0.2, 0) is 25.2 Å². The number of hydrogen-bond acceptors (Lipinski definition) is 6. The fourth-order valence-corrected chi connectivity index (χ4v) is 7.65. The van der Waals surface area contributed by atoms with Crippen molar-refractivity contribution in [3.05, 3.63) is 143 Å². The quantitative estimate of drug-likeness (QED) is 0.118. The number of fused-ring (bicyclic) bond motifs is 1. The molecule has 12 heteroatoms. The zero-order valence-electron chi connectivity index (χ0n) is 27.6. The molecule has 1 N–H and O–H groups in total. The molecule has 0 saturated heterocycles. The average Bonchev–Trinajstić information content (AvgIpc) is 3.49. The predicted octanol–water partition coefficient (Wildman–Crippen LogP) is 9.15. The molecule has 0 amide bonds. The number of aromatic nitrogens is 1. The van der Waals surface area contributed by atoms with Gasteiger partial charge in [-0.3, -0.25) is 0 Å². The number of carbonyl (C=O) groups is 1. The number of ether oxygens (including phenoxy) is 1. The van der Waals surface area contributed by atoms with E-state index in [1.807, 2.05) is 0 Å². The monoisotopic (exact) mass is 719 g/mol. The first-order chi connectivity index (χ1) is 24.8. The van der Waals surface area contributed by atoms with Gasteiger partial charge in [-0.15, -0.1) is 0 Å². The highest BCUT2D eigenvalue weighted by molar-refractivity contribution is 7.90. The second kappa shape index (κ2) is 13.8. The highest BCUT2D eigenvalue weighted by Gasteiger charge is 2.34.